The molecule has 0 saturated carbocycles. The maximum absolute atomic E-state index is 11.8. The Morgan fingerprint density at radius 1 is 0.731 bits per heavy atom. The third-order valence-electron chi connectivity index (χ3n) is 4.16. The summed E-state index contributed by atoms with van der Waals surface area (Å²) >= 11 is 0. The first kappa shape index (κ1) is 20.2. The Morgan fingerprint density at radius 3 is 1.54 bits per heavy atom. The molecule has 2 amide bonds. The van der Waals surface area contributed by atoms with Crippen molar-refractivity contribution in [3.05, 3.63) is 0 Å². The second kappa shape index (κ2) is 12.3. The molecule has 146 valence electrons. The Balaban J connectivity index is 1.38. The van der Waals surface area contributed by atoms with Crippen LogP contribution in [0.15, 0.2) is 9.98 Å². The van der Waals surface area contributed by atoms with Crippen molar-refractivity contribution in [2.75, 3.05) is 39.4 Å². The van der Waals surface area contributed by atoms with Crippen LogP contribution in [0.4, 0.5) is 0 Å². The molecular weight excluding hydrogens is 336 g/mol. The molecule has 8 heteroatoms. The van der Waals surface area contributed by atoms with Crippen LogP contribution in [0.25, 0.3) is 0 Å². The lowest BCUT2D eigenvalue weighted by molar-refractivity contribution is -0.117. The third-order valence-corrected chi connectivity index (χ3v) is 4.16. The van der Waals surface area contributed by atoms with Crippen LogP contribution < -0.4 is 10.6 Å². The standard InChI is InChI=1S/C18H30N4O4/c23-15(17-21-11-7-13-25-17)19-9-5-3-1-2-4-6-10-20-16(24)18-22-12-8-14-26-18/h1-14H2,(H,19,23)(H,20,24). The Morgan fingerprint density at radius 2 is 1.15 bits per heavy atom. The lowest BCUT2D eigenvalue weighted by atomic mass is 10.1. The summed E-state index contributed by atoms with van der Waals surface area (Å²) in [6.45, 7) is 3.80. The van der Waals surface area contributed by atoms with Crippen LogP contribution in [0.2, 0.25) is 0 Å². The molecule has 2 aliphatic rings. The number of carbonyl (C=O) groups is 2. The highest BCUT2D eigenvalue weighted by atomic mass is 16.5. The summed E-state index contributed by atoms with van der Waals surface area (Å²) in [5.74, 6) is 0.0461. The summed E-state index contributed by atoms with van der Waals surface area (Å²) in [5, 5.41) is 5.68. The van der Waals surface area contributed by atoms with Crippen molar-refractivity contribution in [2.45, 2.75) is 51.4 Å². The molecule has 0 bridgehead atoms. The van der Waals surface area contributed by atoms with Gasteiger partial charge < -0.3 is 20.1 Å². The van der Waals surface area contributed by atoms with Crippen molar-refractivity contribution in [1.82, 2.24) is 10.6 Å². The lowest BCUT2D eigenvalue weighted by Crippen LogP contribution is -2.35. The fourth-order valence-corrected chi connectivity index (χ4v) is 2.71. The van der Waals surface area contributed by atoms with Gasteiger partial charge in [-0.1, -0.05) is 25.7 Å². The Hall–Kier alpha value is -2.12. The van der Waals surface area contributed by atoms with E-state index in [1.807, 2.05) is 0 Å². The molecule has 0 spiro atoms. The van der Waals surface area contributed by atoms with Crippen molar-refractivity contribution < 1.29 is 19.1 Å². The highest BCUT2D eigenvalue weighted by molar-refractivity contribution is 6.35. The van der Waals surface area contributed by atoms with E-state index in [2.05, 4.69) is 20.6 Å². The minimum absolute atomic E-state index is 0.202. The number of amides is 2. The normalized spacial score (nSPS) is 16.6. The van der Waals surface area contributed by atoms with Gasteiger partial charge in [-0.15, -0.1) is 0 Å². The molecule has 0 aromatic carbocycles. The highest BCUT2D eigenvalue weighted by Gasteiger charge is 2.15. The van der Waals surface area contributed by atoms with E-state index in [4.69, 9.17) is 9.47 Å². The van der Waals surface area contributed by atoms with Gasteiger partial charge in [0, 0.05) is 39.0 Å². The first-order valence-corrected chi connectivity index (χ1v) is 9.68. The zero-order valence-corrected chi connectivity index (χ0v) is 15.4. The predicted molar refractivity (Wildman–Crippen MR) is 99.5 cm³/mol. The number of unbranched alkanes of at least 4 members (excludes halogenated alkanes) is 5. The molecular formula is C18H30N4O4. The smallest absolute Gasteiger partial charge is 0.306 e. The minimum atomic E-state index is -0.202. The van der Waals surface area contributed by atoms with E-state index in [-0.39, 0.29) is 23.6 Å². The van der Waals surface area contributed by atoms with E-state index in [1.54, 1.807) is 0 Å². The van der Waals surface area contributed by atoms with Gasteiger partial charge >= 0.3 is 11.8 Å². The van der Waals surface area contributed by atoms with E-state index in [0.29, 0.717) is 39.4 Å². The van der Waals surface area contributed by atoms with Crippen LogP contribution in [0.5, 0.6) is 0 Å². The van der Waals surface area contributed by atoms with Crippen LogP contribution in [0.1, 0.15) is 51.4 Å². The van der Waals surface area contributed by atoms with E-state index in [0.717, 1.165) is 51.4 Å². The maximum atomic E-state index is 11.8. The summed E-state index contributed by atoms with van der Waals surface area (Å²) < 4.78 is 10.4. The summed E-state index contributed by atoms with van der Waals surface area (Å²) in [5.41, 5.74) is 0. The Bertz CT molecular complexity index is 473. The summed E-state index contributed by atoms with van der Waals surface area (Å²) in [4.78, 5) is 31.6. The molecule has 0 atom stereocenters. The van der Waals surface area contributed by atoms with Gasteiger partial charge in [0.1, 0.15) is 0 Å². The molecule has 0 aliphatic carbocycles. The van der Waals surface area contributed by atoms with Crippen molar-refractivity contribution in [2.24, 2.45) is 9.98 Å². The number of nitrogens with one attached hydrogen (secondary N) is 2. The monoisotopic (exact) mass is 366 g/mol. The lowest BCUT2D eigenvalue weighted by Gasteiger charge is -2.13. The van der Waals surface area contributed by atoms with E-state index in [1.165, 1.54) is 0 Å². The van der Waals surface area contributed by atoms with Gasteiger partial charge in [0.2, 0.25) is 0 Å². The molecule has 0 unspecified atom stereocenters. The summed E-state index contributed by atoms with van der Waals surface area (Å²) in [7, 11) is 0. The van der Waals surface area contributed by atoms with Gasteiger partial charge in [-0.25, -0.2) is 9.98 Å². The molecule has 2 rings (SSSR count). The van der Waals surface area contributed by atoms with Crippen LogP contribution in [-0.2, 0) is 19.1 Å². The largest absolute Gasteiger partial charge is 0.474 e. The van der Waals surface area contributed by atoms with Gasteiger partial charge in [0.05, 0.1) is 13.2 Å². The van der Waals surface area contributed by atoms with E-state index in [9.17, 15) is 9.59 Å². The predicted octanol–water partition coefficient (Wildman–Crippen LogP) is 1.20. The molecule has 0 aromatic heterocycles. The second-order valence-corrected chi connectivity index (χ2v) is 6.41. The zero-order chi connectivity index (χ0) is 18.5. The average molecular weight is 366 g/mol. The van der Waals surface area contributed by atoms with E-state index >= 15 is 0 Å². The molecule has 26 heavy (non-hydrogen) atoms. The molecule has 0 radical (unpaired) electrons. The van der Waals surface area contributed by atoms with Gasteiger partial charge in [0.25, 0.3) is 11.8 Å². The summed E-state index contributed by atoms with van der Waals surface area (Å²) in [6.07, 6.45) is 8.05. The fraction of sp³-hybridized carbons (Fsp3) is 0.778. The van der Waals surface area contributed by atoms with Crippen molar-refractivity contribution in [3.8, 4) is 0 Å². The molecule has 0 fully saturated rings. The van der Waals surface area contributed by atoms with Crippen molar-refractivity contribution in [3.63, 3.8) is 0 Å². The quantitative estimate of drug-likeness (QED) is 0.536. The molecule has 0 saturated heterocycles. The van der Waals surface area contributed by atoms with Gasteiger partial charge in [0.15, 0.2) is 0 Å². The average Bonchev–Trinajstić information content (AvgIpc) is 2.70. The number of ether oxygens (including phenoxy) is 2. The number of hydrogen-bond acceptors (Lipinski definition) is 6. The first-order valence-electron chi connectivity index (χ1n) is 9.68. The van der Waals surface area contributed by atoms with Crippen LogP contribution in [-0.4, -0.2) is 63.0 Å². The Kier molecular flexibility index (Phi) is 9.53. The highest BCUT2D eigenvalue weighted by Crippen LogP contribution is 2.05. The number of hydrogen-bond donors (Lipinski definition) is 2. The number of nitrogens with zero attached hydrogens (tertiary/aromatic N) is 2. The fourth-order valence-electron chi connectivity index (χ4n) is 2.71. The molecule has 2 heterocycles. The summed E-state index contributed by atoms with van der Waals surface area (Å²) in [6, 6.07) is 0. The van der Waals surface area contributed by atoms with Gasteiger partial charge in [-0.05, 0) is 12.8 Å². The minimum Gasteiger partial charge on any atom is -0.474 e. The number of rotatable bonds is 11. The van der Waals surface area contributed by atoms with Crippen LogP contribution in [0.3, 0.4) is 0 Å². The van der Waals surface area contributed by atoms with Crippen molar-refractivity contribution in [1.29, 1.82) is 0 Å². The van der Waals surface area contributed by atoms with Gasteiger partial charge in [-0.2, -0.15) is 0 Å². The van der Waals surface area contributed by atoms with Crippen LogP contribution in [0, 0.1) is 0 Å². The molecule has 8 nitrogen and oxygen atoms in total. The zero-order valence-electron chi connectivity index (χ0n) is 15.4. The van der Waals surface area contributed by atoms with E-state index < -0.39 is 0 Å². The van der Waals surface area contributed by atoms with Crippen LogP contribution >= 0.6 is 0 Å². The Labute approximate surface area is 154 Å². The first-order chi connectivity index (χ1) is 12.8. The van der Waals surface area contributed by atoms with Gasteiger partial charge in [-0.3, -0.25) is 9.59 Å². The van der Waals surface area contributed by atoms with Crippen molar-refractivity contribution >= 4 is 23.6 Å². The molecule has 0 aromatic rings. The topological polar surface area (TPSA) is 101 Å². The maximum Gasteiger partial charge on any atom is 0.306 e. The third kappa shape index (κ3) is 7.84. The SMILES string of the molecule is O=C(NCCCCCCCCNC(=O)C1=NCCCO1)C1=NCCCO1. The number of aliphatic imine (C=N–C) groups is 2. The number of carbonyl (C=O) groups excluding carboxylic acids is 2. The molecule has 2 aliphatic heterocycles. The second-order valence-electron chi connectivity index (χ2n) is 6.41. The molecule has 2 N–H and O–H groups in total.